The van der Waals surface area contributed by atoms with Crippen molar-refractivity contribution in [3.05, 3.63) is 32.9 Å². The molecule has 3 heterocycles. The third-order valence-corrected chi connectivity index (χ3v) is 4.60. The molecule has 0 aliphatic carbocycles. The van der Waals surface area contributed by atoms with Crippen molar-refractivity contribution in [2.45, 2.75) is 13.1 Å². The van der Waals surface area contributed by atoms with Crippen LogP contribution in [0.2, 0.25) is 0 Å². The zero-order chi connectivity index (χ0) is 12.5. The second kappa shape index (κ2) is 4.91. The molecule has 3 rings (SSSR count). The number of Topliss-reactive ketones (excluding diaryl/α,β-unsaturated/α-hetero) is 1. The Morgan fingerprint density at radius 3 is 3.11 bits per heavy atom. The Morgan fingerprint density at radius 2 is 2.33 bits per heavy atom. The minimum absolute atomic E-state index is 0.165. The fourth-order valence-corrected chi connectivity index (χ4v) is 3.31. The number of fused-ring (bicyclic) bond motifs is 1. The largest absolute Gasteiger partial charge is 0.315 e. The molecule has 0 saturated carbocycles. The summed E-state index contributed by atoms with van der Waals surface area (Å²) in [5.41, 5.74) is 0. The van der Waals surface area contributed by atoms with Crippen molar-refractivity contribution in [2.24, 2.45) is 0 Å². The maximum atomic E-state index is 12.1. The van der Waals surface area contributed by atoms with E-state index >= 15 is 0 Å². The zero-order valence-corrected chi connectivity index (χ0v) is 11.9. The van der Waals surface area contributed by atoms with Crippen molar-refractivity contribution in [3.8, 4) is 0 Å². The molecule has 5 nitrogen and oxygen atoms in total. The topological polar surface area (TPSA) is 51.0 Å². The van der Waals surface area contributed by atoms with Crippen LogP contribution in [0.25, 0.3) is 0 Å². The quantitative estimate of drug-likeness (QED) is 0.807. The number of carbonyl (C=O) groups excluding carboxylic acids is 1. The third kappa shape index (κ3) is 2.38. The highest BCUT2D eigenvalue weighted by atomic mass is 79.9. The van der Waals surface area contributed by atoms with Gasteiger partial charge in [0, 0.05) is 13.1 Å². The van der Waals surface area contributed by atoms with Crippen molar-refractivity contribution in [2.75, 3.05) is 13.1 Å². The summed E-state index contributed by atoms with van der Waals surface area (Å²) in [4.78, 5) is 15.0. The second-order valence-corrected chi connectivity index (χ2v) is 6.64. The van der Waals surface area contributed by atoms with Gasteiger partial charge in [0.25, 0.3) is 0 Å². The molecule has 7 heteroatoms. The zero-order valence-electron chi connectivity index (χ0n) is 9.54. The lowest BCUT2D eigenvalue weighted by molar-refractivity contribution is 0.0912. The van der Waals surface area contributed by atoms with E-state index in [1.807, 2.05) is 16.7 Å². The van der Waals surface area contributed by atoms with Gasteiger partial charge in [-0.15, -0.1) is 21.5 Å². The molecule has 2 aromatic heterocycles. The molecule has 0 aromatic carbocycles. The smallest absolute Gasteiger partial charge is 0.186 e. The maximum absolute atomic E-state index is 12.1. The lowest BCUT2D eigenvalue weighted by Crippen LogP contribution is -2.37. The first-order chi connectivity index (χ1) is 8.72. The summed E-state index contributed by atoms with van der Waals surface area (Å²) < 4.78 is 3.02. The molecule has 0 atom stereocenters. The van der Waals surface area contributed by atoms with E-state index in [1.165, 1.54) is 11.3 Å². The van der Waals surface area contributed by atoms with E-state index in [0.29, 0.717) is 13.1 Å². The molecule has 1 aliphatic rings. The van der Waals surface area contributed by atoms with E-state index < -0.39 is 0 Å². The van der Waals surface area contributed by atoms with Crippen LogP contribution in [0.5, 0.6) is 0 Å². The molecule has 0 radical (unpaired) electrons. The standard InChI is InChI=1S/C11H11BrN4OS/c12-10-2-1-9(18-10)8(17)5-15-3-4-16-7-13-14-11(16)6-15/h1-2,7H,3-6H2. The second-order valence-electron chi connectivity index (χ2n) is 4.18. The van der Waals surface area contributed by atoms with Gasteiger partial charge in [-0.25, -0.2) is 0 Å². The summed E-state index contributed by atoms with van der Waals surface area (Å²) in [6.07, 6.45) is 1.74. The highest BCUT2D eigenvalue weighted by molar-refractivity contribution is 9.11. The van der Waals surface area contributed by atoms with E-state index in [-0.39, 0.29) is 5.78 Å². The van der Waals surface area contributed by atoms with Crippen molar-refractivity contribution in [1.29, 1.82) is 0 Å². The fraction of sp³-hybridized carbons (Fsp3) is 0.364. The molecule has 2 aromatic rings. The SMILES string of the molecule is O=C(CN1CCn2cnnc2C1)c1ccc(Br)s1. The van der Waals surface area contributed by atoms with Gasteiger partial charge in [-0.1, -0.05) is 0 Å². The maximum Gasteiger partial charge on any atom is 0.186 e. The van der Waals surface area contributed by atoms with Gasteiger partial charge in [0.2, 0.25) is 0 Å². The number of hydrogen-bond donors (Lipinski definition) is 0. The van der Waals surface area contributed by atoms with Gasteiger partial charge in [0.15, 0.2) is 5.78 Å². The summed E-state index contributed by atoms with van der Waals surface area (Å²) in [7, 11) is 0. The molecule has 0 saturated heterocycles. The average molecular weight is 327 g/mol. The molecule has 0 amide bonds. The summed E-state index contributed by atoms with van der Waals surface area (Å²) in [6, 6.07) is 3.77. The number of halogens is 1. The molecule has 0 bridgehead atoms. The molecule has 94 valence electrons. The van der Waals surface area contributed by atoms with Gasteiger partial charge >= 0.3 is 0 Å². The Bertz CT molecular complexity index is 579. The van der Waals surface area contributed by atoms with Gasteiger partial charge in [-0.2, -0.15) is 0 Å². The first-order valence-electron chi connectivity index (χ1n) is 5.60. The first kappa shape index (κ1) is 12.0. The number of aromatic nitrogens is 3. The lowest BCUT2D eigenvalue weighted by Gasteiger charge is -2.25. The first-order valence-corrected chi connectivity index (χ1v) is 7.21. The number of hydrogen-bond acceptors (Lipinski definition) is 5. The van der Waals surface area contributed by atoms with Gasteiger partial charge < -0.3 is 4.57 Å². The number of rotatable bonds is 3. The van der Waals surface area contributed by atoms with Gasteiger partial charge in [0.05, 0.1) is 21.8 Å². The van der Waals surface area contributed by atoms with Crippen molar-refractivity contribution in [1.82, 2.24) is 19.7 Å². The predicted molar refractivity (Wildman–Crippen MR) is 71.6 cm³/mol. The monoisotopic (exact) mass is 326 g/mol. The Morgan fingerprint density at radius 1 is 1.44 bits per heavy atom. The Labute approximate surface area is 117 Å². The number of nitrogens with zero attached hydrogens (tertiary/aromatic N) is 4. The van der Waals surface area contributed by atoms with Crippen LogP contribution in [0, 0.1) is 0 Å². The number of carbonyl (C=O) groups is 1. The molecule has 0 unspecified atom stereocenters. The minimum atomic E-state index is 0.165. The van der Waals surface area contributed by atoms with E-state index in [1.54, 1.807) is 6.33 Å². The van der Waals surface area contributed by atoms with Crippen LogP contribution in [-0.4, -0.2) is 38.5 Å². The van der Waals surface area contributed by atoms with Crippen molar-refractivity contribution < 1.29 is 4.79 Å². The van der Waals surface area contributed by atoms with Crippen LogP contribution in [0.1, 0.15) is 15.5 Å². The average Bonchev–Trinajstić information content (AvgIpc) is 2.96. The normalized spacial score (nSPS) is 15.6. The Kier molecular flexibility index (Phi) is 3.27. The molecule has 18 heavy (non-hydrogen) atoms. The molecule has 1 aliphatic heterocycles. The van der Waals surface area contributed by atoms with Crippen molar-refractivity contribution in [3.63, 3.8) is 0 Å². The summed E-state index contributed by atoms with van der Waals surface area (Å²) in [6.45, 7) is 2.85. The van der Waals surface area contributed by atoms with Gasteiger partial charge in [0.1, 0.15) is 12.2 Å². The van der Waals surface area contributed by atoms with E-state index in [2.05, 4.69) is 31.0 Å². The van der Waals surface area contributed by atoms with Crippen LogP contribution in [0.3, 0.4) is 0 Å². The van der Waals surface area contributed by atoms with Crippen LogP contribution in [0.15, 0.2) is 22.2 Å². The van der Waals surface area contributed by atoms with E-state index in [9.17, 15) is 4.79 Å². The fourth-order valence-electron chi connectivity index (χ4n) is 2.00. The molecule has 0 N–H and O–H groups in total. The molecular weight excluding hydrogens is 316 g/mol. The van der Waals surface area contributed by atoms with Crippen LogP contribution in [-0.2, 0) is 13.1 Å². The van der Waals surface area contributed by atoms with Gasteiger partial charge in [-0.05, 0) is 28.1 Å². The number of ketones is 1. The van der Waals surface area contributed by atoms with Crippen LogP contribution >= 0.6 is 27.3 Å². The highest BCUT2D eigenvalue weighted by Crippen LogP contribution is 2.23. The molecular formula is C11H11BrN4OS. The minimum Gasteiger partial charge on any atom is -0.315 e. The van der Waals surface area contributed by atoms with Crippen molar-refractivity contribution >= 4 is 33.0 Å². The Balaban J connectivity index is 1.66. The summed E-state index contributed by atoms with van der Waals surface area (Å²) in [5, 5.41) is 7.92. The predicted octanol–water partition coefficient (Wildman–Crippen LogP) is 1.80. The van der Waals surface area contributed by atoms with Crippen LogP contribution < -0.4 is 0 Å². The van der Waals surface area contributed by atoms with E-state index in [0.717, 1.165) is 27.6 Å². The number of thiophene rings is 1. The van der Waals surface area contributed by atoms with Crippen LogP contribution in [0.4, 0.5) is 0 Å². The molecule has 0 spiro atoms. The third-order valence-electron chi connectivity index (χ3n) is 2.93. The lowest BCUT2D eigenvalue weighted by atomic mass is 10.2. The highest BCUT2D eigenvalue weighted by Gasteiger charge is 2.20. The van der Waals surface area contributed by atoms with Gasteiger partial charge in [-0.3, -0.25) is 9.69 Å². The molecule has 0 fully saturated rings. The van der Waals surface area contributed by atoms with E-state index in [4.69, 9.17) is 0 Å². The summed E-state index contributed by atoms with van der Waals surface area (Å²) >= 11 is 4.85. The summed E-state index contributed by atoms with van der Waals surface area (Å²) in [5.74, 6) is 1.10. The Hall–Kier alpha value is -1.05.